The first-order valence-electron chi connectivity index (χ1n) is 13.1. The van der Waals surface area contributed by atoms with Crippen molar-refractivity contribution in [3.63, 3.8) is 0 Å². The number of halogens is 1. The number of rotatable bonds is 9. The third kappa shape index (κ3) is 8.39. The Morgan fingerprint density at radius 1 is 1.05 bits per heavy atom. The van der Waals surface area contributed by atoms with Crippen molar-refractivity contribution in [3.8, 4) is 11.5 Å². The number of aromatic hydroxyl groups is 1. The summed E-state index contributed by atoms with van der Waals surface area (Å²) in [4.78, 5) is 22.6. The topological polar surface area (TPSA) is 148 Å². The van der Waals surface area contributed by atoms with Crippen LogP contribution in [0.4, 0.5) is 5.69 Å². The number of nitrogens with zero attached hydrogens (tertiary/aromatic N) is 2. The Labute approximate surface area is 254 Å². The van der Waals surface area contributed by atoms with E-state index in [1.54, 1.807) is 12.1 Å². The van der Waals surface area contributed by atoms with Gasteiger partial charge >= 0.3 is 10.1 Å². The predicted molar refractivity (Wildman–Crippen MR) is 165 cm³/mol. The summed E-state index contributed by atoms with van der Waals surface area (Å²) >= 11 is 3.32. The van der Waals surface area contributed by atoms with Gasteiger partial charge in [-0.2, -0.15) is 13.5 Å². The zero-order valence-corrected chi connectivity index (χ0v) is 26.7. The molecule has 3 aromatic carbocycles. The number of nitro benzene ring substituents is 1. The van der Waals surface area contributed by atoms with Gasteiger partial charge in [0.2, 0.25) is 5.91 Å². The molecule has 2 N–H and O–H groups in total. The zero-order valence-electron chi connectivity index (χ0n) is 24.3. The van der Waals surface area contributed by atoms with Crippen LogP contribution in [0.15, 0.2) is 69.1 Å². The fourth-order valence-electron chi connectivity index (χ4n) is 4.08. The minimum atomic E-state index is -4.40. The standard InChI is InChI=1S/C30H34BrN3O7S/c1-29(2,3)24-14-19(15-25(28(24)36)30(4,5)6)10-13-27(35)33-32-18-20-16-21(31)11-12-26(20)41-42(39,40)23-9-7-8-22(17-23)34(37)38/h7-9,11-12,14-18,36H,10,13H2,1-6H3,(H,33,35)/b32-18-. The molecule has 0 aliphatic heterocycles. The third-order valence-corrected chi connectivity index (χ3v) is 8.03. The Morgan fingerprint density at radius 3 is 2.24 bits per heavy atom. The van der Waals surface area contributed by atoms with Crippen molar-refractivity contribution in [1.29, 1.82) is 0 Å². The van der Waals surface area contributed by atoms with Crippen LogP contribution in [0, 0.1) is 10.1 Å². The molecule has 0 aliphatic carbocycles. The van der Waals surface area contributed by atoms with Crippen LogP contribution in [-0.4, -0.2) is 30.6 Å². The van der Waals surface area contributed by atoms with Gasteiger partial charge in [0.25, 0.3) is 5.69 Å². The first kappa shape index (κ1) is 32.7. The van der Waals surface area contributed by atoms with E-state index in [1.807, 2.05) is 53.7 Å². The fourth-order valence-corrected chi connectivity index (χ4v) is 5.46. The number of aryl methyl sites for hydroxylation is 1. The summed E-state index contributed by atoms with van der Waals surface area (Å²) in [6.45, 7) is 12.1. The molecule has 0 heterocycles. The van der Waals surface area contributed by atoms with Gasteiger partial charge in [-0.05, 0) is 58.2 Å². The summed E-state index contributed by atoms with van der Waals surface area (Å²) < 4.78 is 31.5. The maximum atomic E-state index is 12.8. The van der Waals surface area contributed by atoms with E-state index in [0.29, 0.717) is 10.9 Å². The summed E-state index contributed by atoms with van der Waals surface area (Å²) in [5.74, 6) is -0.181. The highest BCUT2D eigenvalue weighted by molar-refractivity contribution is 9.10. The van der Waals surface area contributed by atoms with Crippen molar-refractivity contribution in [3.05, 3.63) is 91.4 Å². The number of benzene rings is 3. The summed E-state index contributed by atoms with van der Waals surface area (Å²) in [5, 5.41) is 26.0. The van der Waals surface area contributed by atoms with Gasteiger partial charge < -0.3 is 9.29 Å². The Kier molecular flexibility index (Phi) is 9.84. The maximum absolute atomic E-state index is 12.8. The second kappa shape index (κ2) is 12.6. The Bertz CT molecular complexity index is 1600. The summed E-state index contributed by atoms with van der Waals surface area (Å²) in [5.41, 5.74) is 4.24. The summed E-state index contributed by atoms with van der Waals surface area (Å²) in [6.07, 6.45) is 1.79. The molecule has 0 saturated carbocycles. The third-order valence-electron chi connectivity index (χ3n) is 6.31. The van der Waals surface area contributed by atoms with E-state index in [0.717, 1.165) is 22.8 Å². The van der Waals surface area contributed by atoms with Gasteiger partial charge in [-0.25, -0.2) is 5.43 Å². The van der Waals surface area contributed by atoms with Crippen LogP contribution >= 0.6 is 15.9 Å². The molecular weight excluding hydrogens is 626 g/mol. The second-order valence-electron chi connectivity index (χ2n) is 11.8. The number of nitrogens with one attached hydrogen (secondary N) is 1. The van der Waals surface area contributed by atoms with Crippen molar-refractivity contribution in [2.75, 3.05) is 0 Å². The molecule has 3 rings (SSSR count). The first-order chi connectivity index (χ1) is 19.4. The quantitative estimate of drug-likeness (QED) is 0.115. The molecule has 224 valence electrons. The molecule has 3 aromatic rings. The van der Waals surface area contributed by atoms with Crippen molar-refractivity contribution in [2.24, 2.45) is 5.10 Å². The van der Waals surface area contributed by atoms with Gasteiger partial charge in [0, 0.05) is 28.6 Å². The Hall–Kier alpha value is -3.77. The lowest BCUT2D eigenvalue weighted by Crippen LogP contribution is -2.20. The number of nitro groups is 1. The van der Waals surface area contributed by atoms with Crippen LogP contribution in [0.1, 0.15) is 70.2 Å². The van der Waals surface area contributed by atoms with Gasteiger partial charge in [-0.15, -0.1) is 0 Å². The average Bonchev–Trinajstić information content (AvgIpc) is 2.88. The number of carbonyl (C=O) groups excluding carboxylic acids is 1. The van der Waals surface area contributed by atoms with E-state index in [9.17, 15) is 28.4 Å². The van der Waals surface area contributed by atoms with Crippen molar-refractivity contribution in [2.45, 2.75) is 70.1 Å². The first-order valence-corrected chi connectivity index (χ1v) is 15.3. The van der Waals surface area contributed by atoms with Gasteiger partial charge in [0.15, 0.2) is 5.75 Å². The number of hydrogen-bond donors (Lipinski definition) is 2. The van der Waals surface area contributed by atoms with Gasteiger partial charge in [-0.3, -0.25) is 14.9 Å². The molecule has 10 nitrogen and oxygen atoms in total. The van der Waals surface area contributed by atoms with Crippen molar-refractivity contribution in [1.82, 2.24) is 5.43 Å². The van der Waals surface area contributed by atoms with Crippen molar-refractivity contribution < 1.29 is 27.4 Å². The van der Waals surface area contributed by atoms with Crippen LogP contribution in [0.25, 0.3) is 0 Å². The Morgan fingerprint density at radius 2 is 1.67 bits per heavy atom. The molecule has 0 fully saturated rings. The Balaban J connectivity index is 1.75. The normalized spacial score (nSPS) is 12.4. The molecule has 0 bridgehead atoms. The van der Waals surface area contributed by atoms with E-state index in [1.165, 1.54) is 30.5 Å². The molecule has 0 aliphatic rings. The zero-order chi connectivity index (χ0) is 31.5. The maximum Gasteiger partial charge on any atom is 0.339 e. The molecule has 0 unspecified atom stereocenters. The van der Waals surface area contributed by atoms with E-state index >= 15 is 0 Å². The minimum Gasteiger partial charge on any atom is -0.507 e. The lowest BCUT2D eigenvalue weighted by atomic mass is 9.78. The highest BCUT2D eigenvalue weighted by Crippen LogP contribution is 2.40. The molecular formula is C30H34BrN3O7S. The monoisotopic (exact) mass is 659 g/mol. The molecule has 0 saturated heterocycles. The molecule has 0 atom stereocenters. The van der Waals surface area contributed by atoms with Crippen LogP contribution < -0.4 is 9.61 Å². The lowest BCUT2D eigenvalue weighted by Gasteiger charge is -2.28. The van der Waals surface area contributed by atoms with Crippen LogP contribution in [0.5, 0.6) is 11.5 Å². The molecule has 1 amide bonds. The van der Waals surface area contributed by atoms with E-state index in [4.69, 9.17) is 4.18 Å². The number of phenolic OH excluding ortho intramolecular Hbond substituents is 1. The van der Waals surface area contributed by atoms with Crippen LogP contribution in [-0.2, 0) is 32.2 Å². The lowest BCUT2D eigenvalue weighted by molar-refractivity contribution is -0.385. The van der Waals surface area contributed by atoms with Crippen LogP contribution in [0.2, 0.25) is 0 Å². The largest absolute Gasteiger partial charge is 0.507 e. The summed E-state index contributed by atoms with van der Waals surface area (Å²) in [7, 11) is -4.40. The van der Waals surface area contributed by atoms with E-state index in [2.05, 4.69) is 26.5 Å². The molecule has 0 aromatic heterocycles. The molecule has 42 heavy (non-hydrogen) atoms. The highest BCUT2D eigenvalue weighted by Gasteiger charge is 2.26. The second-order valence-corrected chi connectivity index (χ2v) is 14.3. The number of hydrazone groups is 1. The van der Waals surface area contributed by atoms with Crippen molar-refractivity contribution >= 4 is 43.9 Å². The van der Waals surface area contributed by atoms with E-state index in [-0.39, 0.29) is 45.1 Å². The van der Waals surface area contributed by atoms with Crippen LogP contribution in [0.3, 0.4) is 0 Å². The van der Waals surface area contributed by atoms with E-state index < -0.39 is 20.7 Å². The summed E-state index contributed by atoms with van der Waals surface area (Å²) in [6, 6.07) is 12.9. The molecule has 0 radical (unpaired) electrons. The number of non-ortho nitro benzene ring substituents is 1. The average molecular weight is 661 g/mol. The molecule has 12 heteroatoms. The number of hydrogen-bond acceptors (Lipinski definition) is 8. The molecule has 0 spiro atoms. The number of carbonyl (C=O) groups is 1. The van der Waals surface area contributed by atoms with Gasteiger partial charge in [-0.1, -0.05) is 75.7 Å². The van der Waals surface area contributed by atoms with Gasteiger partial charge in [0.05, 0.1) is 11.1 Å². The minimum absolute atomic E-state index is 0.0868. The fraction of sp³-hybridized carbons (Fsp3) is 0.333. The number of amides is 1. The smallest absolute Gasteiger partial charge is 0.339 e. The predicted octanol–water partition coefficient (Wildman–Crippen LogP) is 6.51. The van der Waals surface area contributed by atoms with Gasteiger partial charge in [0.1, 0.15) is 10.6 Å². The highest BCUT2D eigenvalue weighted by atomic mass is 79.9. The number of phenols is 1. The SMILES string of the molecule is CC(C)(C)c1cc(CCC(=O)N/N=C\c2cc(Br)ccc2OS(=O)(=O)c2cccc([N+](=O)[O-])c2)cc(C(C)(C)C)c1O.